The van der Waals surface area contributed by atoms with Crippen LogP contribution in [0.15, 0.2) is 79.0 Å². The SMILES string of the molecule is COc1ccc(-n2cc(-c3ccccc3)nc2NC(=O)CN(CC2CCCO2)C(=O)c2ccc(Cl)cc2)cc1OC. The van der Waals surface area contributed by atoms with Gasteiger partial charge in [0.1, 0.15) is 6.54 Å². The summed E-state index contributed by atoms with van der Waals surface area (Å²) >= 11 is 6.02. The van der Waals surface area contributed by atoms with Gasteiger partial charge in [-0.05, 0) is 49.2 Å². The van der Waals surface area contributed by atoms with Crippen molar-refractivity contribution in [1.29, 1.82) is 0 Å². The number of benzene rings is 3. The number of nitrogens with zero attached hydrogens (tertiary/aromatic N) is 3. The average molecular weight is 575 g/mol. The standard InChI is InChI=1S/C31H31ClN4O5/c1-39-27-15-14-24(17-28(27)40-2)36-19-26(21-7-4-3-5-8-21)33-31(36)34-29(37)20-35(18-25-9-6-16-41-25)30(38)22-10-12-23(32)13-11-22/h3-5,7-8,10-15,17,19,25H,6,9,16,18,20H2,1-2H3,(H,33,34,37). The van der Waals surface area contributed by atoms with Crippen LogP contribution in [0.3, 0.4) is 0 Å². The highest BCUT2D eigenvalue weighted by molar-refractivity contribution is 6.30. The molecule has 5 rings (SSSR count). The molecule has 1 atom stereocenters. The summed E-state index contributed by atoms with van der Waals surface area (Å²) in [4.78, 5) is 33.2. The molecule has 10 heteroatoms. The number of aromatic nitrogens is 2. The topological polar surface area (TPSA) is 94.9 Å². The molecule has 2 amide bonds. The Bertz CT molecular complexity index is 1500. The number of nitrogens with one attached hydrogen (secondary N) is 1. The van der Waals surface area contributed by atoms with Crippen LogP contribution in [-0.4, -0.2) is 66.3 Å². The van der Waals surface area contributed by atoms with Crippen LogP contribution in [0.5, 0.6) is 11.5 Å². The molecule has 212 valence electrons. The second-order valence-electron chi connectivity index (χ2n) is 9.60. The minimum Gasteiger partial charge on any atom is -0.493 e. The zero-order valence-corrected chi connectivity index (χ0v) is 23.6. The quantitative estimate of drug-likeness (QED) is 0.270. The summed E-state index contributed by atoms with van der Waals surface area (Å²) in [6.07, 6.45) is 3.47. The molecular weight excluding hydrogens is 544 g/mol. The average Bonchev–Trinajstić information content (AvgIpc) is 3.67. The molecule has 1 aliphatic rings. The maximum absolute atomic E-state index is 13.5. The Morgan fingerprint density at radius 3 is 2.49 bits per heavy atom. The van der Waals surface area contributed by atoms with Gasteiger partial charge in [-0.3, -0.25) is 19.5 Å². The van der Waals surface area contributed by atoms with Crippen molar-refractivity contribution in [3.05, 3.63) is 89.6 Å². The lowest BCUT2D eigenvalue weighted by atomic mass is 10.1. The van der Waals surface area contributed by atoms with Crippen LogP contribution < -0.4 is 14.8 Å². The Morgan fingerprint density at radius 2 is 1.80 bits per heavy atom. The van der Waals surface area contributed by atoms with Gasteiger partial charge in [-0.2, -0.15) is 0 Å². The number of hydrogen-bond acceptors (Lipinski definition) is 6. The number of halogens is 1. The van der Waals surface area contributed by atoms with Crippen molar-refractivity contribution in [2.45, 2.75) is 18.9 Å². The molecular formula is C31H31ClN4O5. The number of imidazole rings is 1. The molecule has 4 aromatic rings. The van der Waals surface area contributed by atoms with Crippen molar-refractivity contribution >= 4 is 29.4 Å². The van der Waals surface area contributed by atoms with E-state index in [2.05, 4.69) is 5.32 Å². The van der Waals surface area contributed by atoms with Crippen LogP contribution in [-0.2, 0) is 9.53 Å². The predicted molar refractivity (Wildman–Crippen MR) is 157 cm³/mol. The summed E-state index contributed by atoms with van der Waals surface area (Å²) in [5.74, 6) is 0.749. The molecule has 0 saturated carbocycles. The van der Waals surface area contributed by atoms with Crippen molar-refractivity contribution in [1.82, 2.24) is 14.5 Å². The van der Waals surface area contributed by atoms with Crippen molar-refractivity contribution in [3.8, 4) is 28.4 Å². The number of anilines is 1. The normalized spacial score (nSPS) is 14.5. The minimum absolute atomic E-state index is 0.127. The number of carbonyl (C=O) groups is 2. The molecule has 3 aromatic carbocycles. The van der Waals surface area contributed by atoms with Gasteiger partial charge in [0.05, 0.1) is 31.7 Å². The van der Waals surface area contributed by atoms with Crippen LogP contribution in [0, 0.1) is 0 Å². The molecule has 0 radical (unpaired) electrons. The van der Waals surface area contributed by atoms with Gasteiger partial charge in [-0.15, -0.1) is 0 Å². The third kappa shape index (κ3) is 6.70. The third-order valence-corrected chi connectivity index (χ3v) is 7.08. The van der Waals surface area contributed by atoms with Gasteiger partial charge in [0.25, 0.3) is 5.91 Å². The Balaban J connectivity index is 1.44. The van der Waals surface area contributed by atoms with Crippen LogP contribution in [0.4, 0.5) is 5.95 Å². The van der Waals surface area contributed by atoms with E-state index in [0.717, 1.165) is 18.4 Å². The molecule has 0 aliphatic carbocycles. The summed E-state index contributed by atoms with van der Waals surface area (Å²) in [7, 11) is 3.13. The largest absolute Gasteiger partial charge is 0.493 e. The van der Waals surface area contributed by atoms with E-state index in [-0.39, 0.29) is 18.6 Å². The van der Waals surface area contributed by atoms with Gasteiger partial charge < -0.3 is 19.1 Å². The molecule has 1 fully saturated rings. The van der Waals surface area contributed by atoms with Crippen molar-refractivity contribution in [2.75, 3.05) is 39.2 Å². The first-order chi connectivity index (χ1) is 19.9. The van der Waals surface area contributed by atoms with Crippen molar-refractivity contribution < 1.29 is 23.8 Å². The summed E-state index contributed by atoms with van der Waals surface area (Å²) < 4.78 is 18.4. The number of amides is 2. The molecule has 1 saturated heterocycles. The lowest BCUT2D eigenvalue weighted by molar-refractivity contribution is -0.117. The van der Waals surface area contributed by atoms with E-state index in [1.54, 1.807) is 55.2 Å². The zero-order valence-electron chi connectivity index (χ0n) is 22.9. The first-order valence-corrected chi connectivity index (χ1v) is 13.7. The Morgan fingerprint density at radius 1 is 1.05 bits per heavy atom. The van der Waals surface area contributed by atoms with E-state index < -0.39 is 5.91 Å². The lowest BCUT2D eigenvalue weighted by Gasteiger charge is -2.25. The fourth-order valence-corrected chi connectivity index (χ4v) is 4.88. The van der Waals surface area contributed by atoms with Gasteiger partial charge in [0, 0.05) is 41.6 Å². The highest BCUT2D eigenvalue weighted by Crippen LogP contribution is 2.32. The number of rotatable bonds is 10. The van der Waals surface area contributed by atoms with Gasteiger partial charge >= 0.3 is 0 Å². The molecule has 1 aromatic heterocycles. The molecule has 1 unspecified atom stereocenters. The molecule has 1 aliphatic heterocycles. The molecule has 9 nitrogen and oxygen atoms in total. The van der Waals surface area contributed by atoms with Gasteiger partial charge in [-0.1, -0.05) is 41.9 Å². The molecule has 1 N–H and O–H groups in total. The highest BCUT2D eigenvalue weighted by Gasteiger charge is 2.26. The highest BCUT2D eigenvalue weighted by atomic mass is 35.5. The first-order valence-electron chi connectivity index (χ1n) is 13.3. The van der Waals surface area contributed by atoms with E-state index in [1.165, 1.54) is 4.90 Å². The summed E-state index contributed by atoms with van der Waals surface area (Å²) in [5.41, 5.74) is 2.71. The Kier molecular flexibility index (Phi) is 8.86. The van der Waals surface area contributed by atoms with Crippen LogP contribution in [0.25, 0.3) is 16.9 Å². The maximum atomic E-state index is 13.5. The van der Waals surface area contributed by atoms with Crippen LogP contribution in [0.2, 0.25) is 5.02 Å². The minimum atomic E-state index is -0.391. The second-order valence-corrected chi connectivity index (χ2v) is 10.0. The van der Waals surface area contributed by atoms with E-state index in [4.69, 9.17) is 30.8 Å². The van der Waals surface area contributed by atoms with Crippen molar-refractivity contribution in [3.63, 3.8) is 0 Å². The monoisotopic (exact) mass is 574 g/mol. The maximum Gasteiger partial charge on any atom is 0.254 e. The second kappa shape index (κ2) is 12.9. The molecule has 0 spiro atoms. The van der Waals surface area contributed by atoms with E-state index in [9.17, 15) is 9.59 Å². The predicted octanol–water partition coefficient (Wildman–Crippen LogP) is 5.47. The van der Waals surface area contributed by atoms with E-state index >= 15 is 0 Å². The van der Waals surface area contributed by atoms with Crippen LogP contribution in [0.1, 0.15) is 23.2 Å². The van der Waals surface area contributed by atoms with E-state index in [0.29, 0.717) is 52.6 Å². The van der Waals surface area contributed by atoms with Crippen molar-refractivity contribution in [2.24, 2.45) is 0 Å². The fourth-order valence-electron chi connectivity index (χ4n) is 4.75. The van der Waals surface area contributed by atoms with Gasteiger partial charge in [0.15, 0.2) is 11.5 Å². The third-order valence-electron chi connectivity index (χ3n) is 6.83. The summed E-state index contributed by atoms with van der Waals surface area (Å²) in [6, 6.07) is 21.7. The van der Waals surface area contributed by atoms with Gasteiger partial charge in [-0.25, -0.2) is 4.98 Å². The van der Waals surface area contributed by atoms with E-state index in [1.807, 2.05) is 42.6 Å². The number of carbonyl (C=O) groups excluding carboxylic acids is 2. The number of ether oxygens (including phenoxy) is 3. The molecule has 2 heterocycles. The Labute approximate surface area is 243 Å². The molecule has 41 heavy (non-hydrogen) atoms. The lowest BCUT2D eigenvalue weighted by Crippen LogP contribution is -2.42. The molecule has 0 bridgehead atoms. The summed E-state index contributed by atoms with van der Waals surface area (Å²) in [6.45, 7) is 0.764. The van der Waals surface area contributed by atoms with Crippen LogP contribution >= 0.6 is 11.6 Å². The summed E-state index contributed by atoms with van der Waals surface area (Å²) in [5, 5.41) is 3.45. The fraction of sp³-hybridized carbons (Fsp3) is 0.258. The number of hydrogen-bond donors (Lipinski definition) is 1. The Hall–Kier alpha value is -4.34. The number of methoxy groups -OCH3 is 2. The first kappa shape index (κ1) is 28.2. The van der Waals surface area contributed by atoms with Gasteiger partial charge in [0.2, 0.25) is 11.9 Å². The zero-order chi connectivity index (χ0) is 28.8. The smallest absolute Gasteiger partial charge is 0.254 e.